The fraction of sp³-hybridized carbons (Fsp3) is 0.417. The third-order valence-electron chi connectivity index (χ3n) is 2.70. The van der Waals surface area contributed by atoms with Crippen molar-refractivity contribution in [3.8, 4) is 0 Å². The van der Waals surface area contributed by atoms with Gasteiger partial charge in [0.25, 0.3) is 0 Å². The summed E-state index contributed by atoms with van der Waals surface area (Å²) in [5.74, 6) is -0.566. The van der Waals surface area contributed by atoms with Crippen LogP contribution in [0.4, 0.5) is 0 Å². The lowest BCUT2D eigenvalue weighted by atomic mass is 10.0. The van der Waals surface area contributed by atoms with Crippen LogP contribution in [0.15, 0.2) is 24.3 Å². The smallest absolute Gasteiger partial charge is 0.207 e. The second kappa shape index (κ2) is 4.78. The third-order valence-corrected chi connectivity index (χ3v) is 5.62. The highest BCUT2D eigenvalue weighted by molar-refractivity contribution is 7.94. The van der Waals surface area contributed by atoms with E-state index in [0.717, 1.165) is 11.8 Å². The lowest BCUT2D eigenvalue weighted by Crippen LogP contribution is -2.40. The molecule has 94 valence electrons. The van der Waals surface area contributed by atoms with Crippen LogP contribution < -0.4 is 0 Å². The fourth-order valence-electron chi connectivity index (χ4n) is 1.51. The number of carbonyl (C=O) groups excluding carboxylic acids is 1. The molecule has 0 aliphatic carbocycles. The summed E-state index contributed by atoms with van der Waals surface area (Å²) in [7, 11) is -3.66. The van der Waals surface area contributed by atoms with Crippen LogP contribution in [0.2, 0.25) is 0 Å². The normalized spacial score (nSPS) is 15.3. The van der Waals surface area contributed by atoms with Gasteiger partial charge in [-0.25, -0.2) is 8.42 Å². The van der Waals surface area contributed by atoms with E-state index < -0.39 is 19.8 Å². The first kappa shape index (κ1) is 14.2. The van der Waals surface area contributed by atoms with Gasteiger partial charge in [-0.2, -0.15) is 0 Å². The first-order valence-electron chi connectivity index (χ1n) is 5.22. The van der Waals surface area contributed by atoms with Crippen LogP contribution in [-0.2, 0) is 9.84 Å². The van der Waals surface area contributed by atoms with E-state index in [1.165, 1.54) is 0 Å². The molecule has 0 N–H and O–H groups in total. The van der Waals surface area contributed by atoms with Gasteiger partial charge in [0, 0.05) is 11.8 Å². The van der Waals surface area contributed by atoms with Gasteiger partial charge < -0.3 is 0 Å². The molecule has 0 unspecified atom stereocenters. The molecular weight excluding hydrogens is 260 g/mol. The van der Waals surface area contributed by atoms with Crippen LogP contribution in [0.25, 0.3) is 0 Å². The summed E-state index contributed by atoms with van der Waals surface area (Å²) in [6.07, 6.45) is 1.02. The van der Waals surface area contributed by atoms with E-state index in [-0.39, 0.29) is 6.42 Å². The van der Waals surface area contributed by atoms with Gasteiger partial charge in [-0.1, -0.05) is 48.4 Å². The second-order valence-corrected chi connectivity index (χ2v) is 7.16. The van der Waals surface area contributed by atoms with Gasteiger partial charge >= 0.3 is 0 Å². The van der Waals surface area contributed by atoms with Crippen LogP contribution >= 0.6 is 11.6 Å². The zero-order valence-corrected chi connectivity index (χ0v) is 11.6. The van der Waals surface area contributed by atoms with Crippen LogP contribution in [-0.4, -0.2) is 24.7 Å². The van der Waals surface area contributed by atoms with E-state index >= 15 is 0 Å². The number of aryl methyl sites for hydroxylation is 1. The Morgan fingerprint density at radius 2 is 1.76 bits per heavy atom. The van der Waals surface area contributed by atoms with Gasteiger partial charge in [-0.05, 0) is 13.3 Å². The summed E-state index contributed by atoms with van der Waals surface area (Å²) < 4.78 is 21.4. The van der Waals surface area contributed by atoms with Crippen LogP contribution in [0.1, 0.15) is 29.3 Å². The second-order valence-electron chi connectivity index (χ2n) is 4.05. The van der Waals surface area contributed by atoms with Gasteiger partial charge in [-0.3, -0.25) is 4.79 Å². The van der Waals surface area contributed by atoms with Crippen molar-refractivity contribution in [1.82, 2.24) is 0 Å². The molecule has 0 aliphatic heterocycles. The quantitative estimate of drug-likeness (QED) is 0.626. The number of Topliss-reactive ketones (excluding diaryl/α,β-unsaturated/α-hetero) is 1. The summed E-state index contributed by atoms with van der Waals surface area (Å²) >= 11 is 5.99. The van der Waals surface area contributed by atoms with Crippen molar-refractivity contribution in [2.75, 3.05) is 6.26 Å². The summed E-state index contributed by atoms with van der Waals surface area (Å²) in [6.45, 7) is 3.47. The van der Waals surface area contributed by atoms with E-state index in [4.69, 9.17) is 11.6 Å². The lowest BCUT2D eigenvalue weighted by molar-refractivity contribution is 0.0970. The van der Waals surface area contributed by atoms with Crippen LogP contribution in [0.3, 0.4) is 0 Å². The molecule has 0 saturated carbocycles. The monoisotopic (exact) mass is 274 g/mol. The highest BCUT2D eigenvalue weighted by atomic mass is 35.5. The van der Waals surface area contributed by atoms with Crippen molar-refractivity contribution >= 4 is 27.2 Å². The van der Waals surface area contributed by atoms with Crippen molar-refractivity contribution < 1.29 is 13.2 Å². The molecule has 0 radical (unpaired) electrons. The Morgan fingerprint density at radius 1 is 1.29 bits per heavy atom. The third kappa shape index (κ3) is 2.69. The summed E-state index contributed by atoms with van der Waals surface area (Å²) in [5.41, 5.74) is 1.32. The maximum absolute atomic E-state index is 12.1. The molecule has 0 heterocycles. The minimum Gasteiger partial charge on any atom is -0.291 e. The van der Waals surface area contributed by atoms with Gasteiger partial charge in [0.1, 0.15) is 0 Å². The Bertz CT molecular complexity index is 519. The molecule has 1 aromatic carbocycles. The first-order valence-corrected chi connectivity index (χ1v) is 7.49. The summed E-state index contributed by atoms with van der Waals surface area (Å²) in [6, 6.07) is 6.69. The van der Waals surface area contributed by atoms with E-state index in [1.807, 2.05) is 6.92 Å². The number of halogens is 1. The number of alkyl halides is 1. The van der Waals surface area contributed by atoms with E-state index in [9.17, 15) is 13.2 Å². The summed E-state index contributed by atoms with van der Waals surface area (Å²) in [5, 5.41) is 0. The van der Waals surface area contributed by atoms with E-state index in [1.54, 1.807) is 31.2 Å². The Hall–Kier alpha value is -0.870. The Labute approximate surface area is 107 Å². The van der Waals surface area contributed by atoms with Gasteiger partial charge in [0.15, 0.2) is 15.6 Å². The SMILES string of the molecule is CC[C@](Cl)(C(=O)c1ccc(C)cc1)S(C)(=O)=O. The number of rotatable bonds is 4. The predicted octanol–water partition coefficient (Wildman–Crippen LogP) is 2.57. The predicted molar refractivity (Wildman–Crippen MR) is 69.2 cm³/mol. The number of sulfone groups is 1. The molecule has 1 rings (SSSR count). The minimum absolute atomic E-state index is 0.0418. The zero-order valence-electron chi connectivity index (χ0n) is 10.0. The van der Waals surface area contributed by atoms with Crippen molar-refractivity contribution in [1.29, 1.82) is 0 Å². The molecule has 0 bridgehead atoms. The van der Waals surface area contributed by atoms with Crippen molar-refractivity contribution in [3.63, 3.8) is 0 Å². The molecule has 17 heavy (non-hydrogen) atoms. The number of hydrogen-bond donors (Lipinski definition) is 0. The Morgan fingerprint density at radius 3 is 2.12 bits per heavy atom. The van der Waals surface area contributed by atoms with Crippen molar-refractivity contribution in [2.45, 2.75) is 24.5 Å². The van der Waals surface area contributed by atoms with Crippen LogP contribution in [0.5, 0.6) is 0 Å². The summed E-state index contributed by atoms with van der Waals surface area (Å²) in [4.78, 5) is 12.1. The molecule has 0 amide bonds. The average Bonchev–Trinajstić information content (AvgIpc) is 2.26. The molecule has 0 spiro atoms. The molecule has 1 aromatic rings. The molecule has 3 nitrogen and oxygen atoms in total. The van der Waals surface area contributed by atoms with E-state index in [0.29, 0.717) is 5.56 Å². The standard InChI is InChI=1S/C12H15ClO3S/c1-4-12(13,17(3,15)16)11(14)10-7-5-9(2)6-8-10/h5-8H,4H2,1-3H3/t12-/m1/s1. The molecular formula is C12H15ClO3S. The average molecular weight is 275 g/mol. The molecule has 1 atom stereocenters. The number of carbonyl (C=O) groups is 1. The molecule has 5 heteroatoms. The van der Waals surface area contributed by atoms with Crippen LogP contribution in [0, 0.1) is 6.92 Å². The van der Waals surface area contributed by atoms with E-state index in [2.05, 4.69) is 0 Å². The topological polar surface area (TPSA) is 51.2 Å². The fourth-order valence-corrected chi connectivity index (χ4v) is 2.60. The number of hydrogen-bond acceptors (Lipinski definition) is 3. The number of ketones is 1. The molecule has 0 fully saturated rings. The minimum atomic E-state index is -3.66. The first-order chi connectivity index (χ1) is 7.72. The highest BCUT2D eigenvalue weighted by Crippen LogP contribution is 2.30. The van der Waals surface area contributed by atoms with Gasteiger partial charge in [-0.15, -0.1) is 0 Å². The molecule has 0 aromatic heterocycles. The van der Waals surface area contributed by atoms with Crippen molar-refractivity contribution in [3.05, 3.63) is 35.4 Å². The number of benzene rings is 1. The zero-order chi connectivity index (χ0) is 13.3. The highest BCUT2D eigenvalue weighted by Gasteiger charge is 2.44. The molecule has 0 saturated heterocycles. The maximum Gasteiger partial charge on any atom is 0.207 e. The maximum atomic E-state index is 12.1. The Balaban J connectivity index is 3.24. The lowest BCUT2D eigenvalue weighted by Gasteiger charge is -2.21. The van der Waals surface area contributed by atoms with Crippen molar-refractivity contribution in [2.24, 2.45) is 0 Å². The Kier molecular flexibility index (Phi) is 3.99. The molecule has 0 aliphatic rings. The van der Waals surface area contributed by atoms with Gasteiger partial charge in [0.05, 0.1) is 0 Å². The largest absolute Gasteiger partial charge is 0.291 e. The van der Waals surface area contributed by atoms with Gasteiger partial charge in [0.2, 0.25) is 4.21 Å².